The van der Waals surface area contributed by atoms with Crippen molar-refractivity contribution in [2.24, 2.45) is 5.73 Å². The SMILES string of the molecule is N[C@H](c1ccc(F)cc1)c1nc(-c2cccc(C(F)(F)F)c2)n[nH]1. The molecule has 0 aliphatic rings. The molecule has 8 heteroatoms. The predicted octanol–water partition coefficient (Wildman–Crippen LogP) is 3.68. The first-order valence-corrected chi connectivity index (χ1v) is 6.95. The molecule has 0 amide bonds. The molecule has 0 saturated carbocycles. The Bertz CT molecular complexity index is 840. The number of H-pyrrole nitrogens is 1. The van der Waals surface area contributed by atoms with Crippen LogP contribution in [0.15, 0.2) is 48.5 Å². The van der Waals surface area contributed by atoms with Gasteiger partial charge < -0.3 is 5.73 Å². The second kappa shape index (κ2) is 6.04. The van der Waals surface area contributed by atoms with Crippen molar-refractivity contribution in [2.45, 2.75) is 12.2 Å². The van der Waals surface area contributed by atoms with Gasteiger partial charge in [-0.15, -0.1) is 0 Å². The highest BCUT2D eigenvalue weighted by atomic mass is 19.4. The number of hydrogen-bond acceptors (Lipinski definition) is 3. The maximum Gasteiger partial charge on any atom is 0.416 e. The Labute approximate surface area is 134 Å². The minimum absolute atomic E-state index is 0.105. The highest BCUT2D eigenvalue weighted by Crippen LogP contribution is 2.31. The number of aromatic amines is 1. The Morgan fingerprint density at radius 3 is 2.42 bits per heavy atom. The first kappa shape index (κ1) is 16.1. The maximum absolute atomic E-state index is 12.9. The summed E-state index contributed by atoms with van der Waals surface area (Å²) in [5.74, 6) is -0.0177. The lowest BCUT2D eigenvalue weighted by molar-refractivity contribution is -0.137. The first-order valence-electron chi connectivity index (χ1n) is 6.95. The van der Waals surface area contributed by atoms with Gasteiger partial charge in [0.05, 0.1) is 11.6 Å². The summed E-state index contributed by atoms with van der Waals surface area (Å²) in [4.78, 5) is 4.15. The molecule has 1 aromatic heterocycles. The van der Waals surface area contributed by atoms with Crippen LogP contribution < -0.4 is 5.73 Å². The molecule has 3 N–H and O–H groups in total. The molecule has 0 saturated heterocycles. The second-order valence-corrected chi connectivity index (χ2v) is 5.15. The summed E-state index contributed by atoms with van der Waals surface area (Å²) in [6, 6.07) is 9.55. The van der Waals surface area contributed by atoms with Gasteiger partial charge in [-0.1, -0.05) is 24.3 Å². The average molecular weight is 336 g/mol. The largest absolute Gasteiger partial charge is 0.416 e. The van der Waals surface area contributed by atoms with E-state index in [2.05, 4.69) is 15.2 Å². The topological polar surface area (TPSA) is 67.6 Å². The minimum atomic E-state index is -4.44. The van der Waals surface area contributed by atoms with Crippen LogP contribution in [-0.2, 0) is 6.18 Å². The number of halogens is 4. The highest BCUT2D eigenvalue weighted by molar-refractivity contribution is 5.56. The average Bonchev–Trinajstić information content (AvgIpc) is 3.04. The molecular formula is C16H12F4N4. The summed E-state index contributed by atoms with van der Waals surface area (Å²) in [7, 11) is 0. The van der Waals surface area contributed by atoms with Crippen LogP contribution in [0.3, 0.4) is 0 Å². The van der Waals surface area contributed by atoms with Crippen LogP contribution in [0, 0.1) is 5.82 Å². The monoisotopic (exact) mass is 336 g/mol. The van der Waals surface area contributed by atoms with Crippen molar-refractivity contribution in [3.8, 4) is 11.4 Å². The summed E-state index contributed by atoms with van der Waals surface area (Å²) in [6.07, 6.45) is -4.44. The number of nitrogens with one attached hydrogen (secondary N) is 1. The van der Waals surface area contributed by atoms with Gasteiger partial charge in [-0.05, 0) is 29.8 Å². The summed E-state index contributed by atoms with van der Waals surface area (Å²) in [6.45, 7) is 0. The lowest BCUT2D eigenvalue weighted by atomic mass is 10.1. The minimum Gasteiger partial charge on any atom is -0.318 e. The van der Waals surface area contributed by atoms with Gasteiger partial charge in [0.2, 0.25) is 0 Å². The standard InChI is InChI=1S/C16H12F4N4/c17-12-6-4-9(5-7-12)13(21)15-22-14(23-24-15)10-2-1-3-11(8-10)16(18,19)20/h1-8,13H,21H2,(H,22,23,24)/t13-/m1/s1. The van der Waals surface area contributed by atoms with Crippen molar-refractivity contribution in [1.82, 2.24) is 15.2 Å². The zero-order valence-corrected chi connectivity index (χ0v) is 12.2. The van der Waals surface area contributed by atoms with E-state index in [0.717, 1.165) is 12.1 Å². The van der Waals surface area contributed by atoms with Gasteiger partial charge in [-0.2, -0.15) is 18.3 Å². The summed E-state index contributed by atoms with van der Waals surface area (Å²) in [5.41, 5.74) is 6.06. The van der Waals surface area contributed by atoms with Crippen LogP contribution in [0.2, 0.25) is 0 Å². The Morgan fingerprint density at radius 1 is 1.04 bits per heavy atom. The molecule has 2 aromatic carbocycles. The van der Waals surface area contributed by atoms with E-state index in [1.807, 2.05) is 0 Å². The van der Waals surface area contributed by atoms with Gasteiger partial charge in [-0.25, -0.2) is 9.37 Å². The van der Waals surface area contributed by atoms with E-state index in [0.29, 0.717) is 5.56 Å². The fraction of sp³-hybridized carbons (Fsp3) is 0.125. The van der Waals surface area contributed by atoms with E-state index in [-0.39, 0.29) is 17.2 Å². The van der Waals surface area contributed by atoms with Crippen molar-refractivity contribution in [1.29, 1.82) is 0 Å². The van der Waals surface area contributed by atoms with Crippen LogP contribution in [0.25, 0.3) is 11.4 Å². The zero-order chi connectivity index (χ0) is 17.3. The number of alkyl halides is 3. The molecule has 0 spiro atoms. The smallest absolute Gasteiger partial charge is 0.318 e. The van der Waals surface area contributed by atoms with Crippen molar-refractivity contribution < 1.29 is 17.6 Å². The first-order chi connectivity index (χ1) is 11.3. The van der Waals surface area contributed by atoms with Crippen LogP contribution in [0.4, 0.5) is 17.6 Å². The molecule has 0 fully saturated rings. The molecule has 3 rings (SSSR count). The Hall–Kier alpha value is -2.74. The maximum atomic E-state index is 12.9. The fourth-order valence-electron chi connectivity index (χ4n) is 2.21. The van der Waals surface area contributed by atoms with E-state index >= 15 is 0 Å². The molecule has 0 aliphatic heterocycles. The fourth-order valence-corrected chi connectivity index (χ4v) is 2.21. The van der Waals surface area contributed by atoms with Gasteiger partial charge >= 0.3 is 6.18 Å². The third-order valence-electron chi connectivity index (χ3n) is 3.47. The molecule has 0 radical (unpaired) electrons. The summed E-state index contributed by atoms with van der Waals surface area (Å²) in [5, 5.41) is 6.53. The van der Waals surface area contributed by atoms with E-state index in [1.54, 1.807) is 0 Å². The zero-order valence-electron chi connectivity index (χ0n) is 12.2. The van der Waals surface area contributed by atoms with Gasteiger partial charge in [-0.3, -0.25) is 5.10 Å². The number of hydrogen-bond donors (Lipinski definition) is 2. The summed E-state index contributed by atoms with van der Waals surface area (Å²) < 4.78 is 51.3. The molecule has 1 heterocycles. The molecule has 4 nitrogen and oxygen atoms in total. The molecular weight excluding hydrogens is 324 g/mol. The van der Waals surface area contributed by atoms with E-state index in [9.17, 15) is 17.6 Å². The van der Waals surface area contributed by atoms with Gasteiger partial charge in [0.15, 0.2) is 5.82 Å². The molecule has 124 valence electrons. The Morgan fingerprint density at radius 2 is 1.75 bits per heavy atom. The van der Waals surface area contributed by atoms with E-state index < -0.39 is 23.6 Å². The molecule has 1 atom stereocenters. The predicted molar refractivity (Wildman–Crippen MR) is 79.3 cm³/mol. The molecule has 0 bridgehead atoms. The molecule has 3 aromatic rings. The quantitative estimate of drug-likeness (QED) is 0.717. The summed E-state index contributed by atoms with van der Waals surface area (Å²) >= 11 is 0. The van der Waals surface area contributed by atoms with Crippen molar-refractivity contribution >= 4 is 0 Å². The van der Waals surface area contributed by atoms with Gasteiger partial charge in [0.25, 0.3) is 0 Å². The van der Waals surface area contributed by atoms with Crippen LogP contribution in [-0.4, -0.2) is 15.2 Å². The van der Waals surface area contributed by atoms with E-state index in [4.69, 9.17) is 5.73 Å². The number of nitrogens with two attached hydrogens (primary N) is 1. The van der Waals surface area contributed by atoms with Crippen LogP contribution in [0.1, 0.15) is 23.0 Å². The molecule has 0 aliphatic carbocycles. The van der Waals surface area contributed by atoms with E-state index in [1.165, 1.54) is 36.4 Å². The third-order valence-corrected chi connectivity index (χ3v) is 3.47. The lowest BCUT2D eigenvalue weighted by Crippen LogP contribution is -2.13. The van der Waals surface area contributed by atoms with Crippen molar-refractivity contribution in [2.75, 3.05) is 0 Å². The Kier molecular flexibility index (Phi) is 4.06. The third kappa shape index (κ3) is 3.28. The van der Waals surface area contributed by atoms with Crippen molar-refractivity contribution in [3.05, 3.63) is 71.3 Å². The van der Waals surface area contributed by atoms with Crippen LogP contribution >= 0.6 is 0 Å². The van der Waals surface area contributed by atoms with Crippen molar-refractivity contribution in [3.63, 3.8) is 0 Å². The second-order valence-electron chi connectivity index (χ2n) is 5.15. The normalized spacial score (nSPS) is 13.0. The highest BCUT2D eigenvalue weighted by Gasteiger charge is 2.30. The van der Waals surface area contributed by atoms with Crippen LogP contribution in [0.5, 0.6) is 0 Å². The molecule has 24 heavy (non-hydrogen) atoms. The van der Waals surface area contributed by atoms with Gasteiger partial charge in [0, 0.05) is 5.56 Å². The lowest BCUT2D eigenvalue weighted by Gasteiger charge is -2.08. The van der Waals surface area contributed by atoms with Gasteiger partial charge in [0.1, 0.15) is 11.6 Å². The number of benzene rings is 2. The Balaban J connectivity index is 1.89. The molecule has 0 unspecified atom stereocenters. The number of nitrogens with zero attached hydrogens (tertiary/aromatic N) is 2. The number of rotatable bonds is 3. The number of aromatic nitrogens is 3.